The first-order chi connectivity index (χ1) is 14.4. The van der Waals surface area contributed by atoms with E-state index in [9.17, 15) is 13.9 Å². The normalized spacial score (nSPS) is 13.3. The fourth-order valence-electron chi connectivity index (χ4n) is 3.58. The molecule has 4 aromatic rings. The summed E-state index contributed by atoms with van der Waals surface area (Å²) in [6.07, 6.45) is 1.26. The van der Waals surface area contributed by atoms with Crippen molar-refractivity contribution in [3.8, 4) is 6.07 Å². The average Bonchev–Trinajstić information content (AvgIpc) is 3.25. The van der Waals surface area contributed by atoms with Gasteiger partial charge in [-0.05, 0) is 30.3 Å². The van der Waals surface area contributed by atoms with Crippen LogP contribution in [0.3, 0.4) is 0 Å². The summed E-state index contributed by atoms with van der Waals surface area (Å²) in [6.45, 7) is 1.72. The van der Waals surface area contributed by atoms with E-state index in [0.29, 0.717) is 16.8 Å². The summed E-state index contributed by atoms with van der Waals surface area (Å²) in [7, 11) is 0. The summed E-state index contributed by atoms with van der Waals surface area (Å²) in [5.74, 6) is -2.00. The third kappa shape index (κ3) is 4.70. The van der Waals surface area contributed by atoms with Crippen molar-refractivity contribution in [2.75, 3.05) is 0 Å². The lowest BCUT2D eigenvalue weighted by molar-refractivity contribution is 0.00630. The molecule has 2 atom stereocenters. The third-order valence-corrected chi connectivity index (χ3v) is 5.29. The quantitative estimate of drug-likeness (QED) is 0.438. The lowest BCUT2D eigenvalue weighted by Gasteiger charge is -2.34. The van der Waals surface area contributed by atoms with Crippen LogP contribution in [0.25, 0.3) is 10.9 Å². The van der Waals surface area contributed by atoms with E-state index in [1.165, 1.54) is 12.4 Å². The van der Waals surface area contributed by atoms with Gasteiger partial charge in [-0.3, -0.25) is 10.1 Å². The Balaban J connectivity index is 0.00000181. The SMILES string of the molecule is CC(c1ccc2cc(C#N)ccc2n1)C(O)(Cc1nc[nH]n1)c1ccc(F)cc1F.Cl.Cl. The fourth-order valence-corrected chi connectivity index (χ4v) is 3.58. The number of halogens is 4. The number of fused-ring (bicyclic) bond motifs is 1. The fraction of sp³-hybridized carbons (Fsp3) is 0.182. The predicted octanol–water partition coefficient (Wildman–Crippen LogP) is 4.58. The zero-order valence-electron chi connectivity index (χ0n) is 16.8. The monoisotopic (exact) mass is 477 g/mol. The second-order valence-corrected chi connectivity index (χ2v) is 7.12. The summed E-state index contributed by atoms with van der Waals surface area (Å²) in [4.78, 5) is 8.65. The first-order valence-electron chi connectivity index (χ1n) is 9.24. The number of nitriles is 1. The topological polar surface area (TPSA) is 98.5 Å². The van der Waals surface area contributed by atoms with Crippen LogP contribution in [0.4, 0.5) is 8.78 Å². The third-order valence-electron chi connectivity index (χ3n) is 5.29. The zero-order chi connectivity index (χ0) is 21.3. The second-order valence-electron chi connectivity index (χ2n) is 7.12. The number of hydrogen-bond donors (Lipinski definition) is 2. The van der Waals surface area contributed by atoms with Gasteiger partial charge >= 0.3 is 0 Å². The summed E-state index contributed by atoms with van der Waals surface area (Å²) >= 11 is 0. The first kappa shape index (κ1) is 25.1. The van der Waals surface area contributed by atoms with Crippen LogP contribution in [-0.2, 0) is 12.0 Å². The lowest BCUT2D eigenvalue weighted by Crippen LogP contribution is -2.36. The number of aliphatic hydroxyl groups is 1. The molecule has 0 spiro atoms. The van der Waals surface area contributed by atoms with Crippen molar-refractivity contribution in [3.05, 3.63) is 89.1 Å². The van der Waals surface area contributed by atoms with Gasteiger partial charge in [-0.2, -0.15) is 10.4 Å². The molecule has 2 heterocycles. The maximum Gasteiger partial charge on any atom is 0.153 e. The molecule has 0 aliphatic rings. The number of rotatable bonds is 5. The van der Waals surface area contributed by atoms with Crippen LogP contribution in [0.15, 0.2) is 54.9 Å². The van der Waals surface area contributed by atoms with Crippen molar-refractivity contribution >= 4 is 35.7 Å². The minimum absolute atomic E-state index is 0. The molecule has 10 heteroatoms. The van der Waals surface area contributed by atoms with Crippen LogP contribution in [0.5, 0.6) is 0 Å². The van der Waals surface area contributed by atoms with Gasteiger partial charge in [-0.25, -0.2) is 13.8 Å². The van der Waals surface area contributed by atoms with Crippen LogP contribution < -0.4 is 0 Å². The number of H-pyrrole nitrogens is 1. The van der Waals surface area contributed by atoms with Crippen molar-refractivity contribution < 1.29 is 13.9 Å². The number of hydrogen-bond acceptors (Lipinski definition) is 5. The Kier molecular flexibility index (Phi) is 7.86. The van der Waals surface area contributed by atoms with Gasteiger partial charge in [0.25, 0.3) is 0 Å². The van der Waals surface area contributed by atoms with E-state index in [4.69, 9.17) is 5.26 Å². The van der Waals surface area contributed by atoms with E-state index in [2.05, 4.69) is 26.2 Å². The standard InChI is InChI=1S/C22H17F2N5O.2ClH/c1-13(19-7-3-15-8-14(11-25)2-6-20(15)28-19)22(30,10-21-26-12-27-29-21)17-5-4-16(23)9-18(17)24;;/h2-9,12-13,30H,10H2,1H3,(H,26,27,29);2*1H. The van der Waals surface area contributed by atoms with E-state index >= 15 is 0 Å². The molecular formula is C22H19Cl2F2N5O. The molecule has 0 fully saturated rings. The molecule has 0 aliphatic carbocycles. The number of aromatic amines is 1. The van der Waals surface area contributed by atoms with Crippen LogP contribution in [-0.4, -0.2) is 25.3 Å². The predicted molar refractivity (Wildman–Crippen MR) is 120 cm³/mol. The van der Waals surface area contributed by atoms with E-state index in [-0.39, 0.29) is 42.6 Å². The minimum atomic E-state index is -1.78. The first-order valence-corrected chi connectivity index (χ1v) is 9.24. The maximum absolute atomic E-state index is 14.7. The summed E-state index contributed by atoms with van der Waals surface area (Å²) in [6, 6.07) is 13.8. The molecule has 0 saturated carbocycles. The second kappa shape index (κ2) is 10.0. The zero-order valence-corrected chi connectivity index (χ0v) is 18.4. The van der Waals surface area contributed by atoms with Crippen molar-refractivity contribution in [1.29, 1.82) is 5.26 Å². The van der Waals surface area contributed by atoms with E-state index in [0.717, 1.165) is 17.5 Å². The van der Waals surface area contributed by atoms with E-state index < -0.39 is 23.2 Å². The Bertz CT molecular complexity index is 1260. The molecule has 32 heavy (non-hydrogen) atoms. The molecule has 0 radical (unpaired) electrons. The van der Waals surface area contributed by atoms with Crippen LogP contribution >= 0.6 is 24.8 Å². The lowest BCUT2D eigenvalue weighted by atomic mass is 9.77. The molecule has 6 nitrogen and oxygen atoms in total. The number of aromatic nitrogens is 4. The largest absolute Gasteiger partial charge is 0.384 e. The molecule has 0 bridgehead atoms. The van der Waals surface area contributed by atoms with Crippen molar-refractivity contribution in [3.63, 3.8) is 0 Å². The molecule has 4 rings (SSSR count). The number of nitrogens with one attached hydrogen (secondary N) is 1. The molecule has 2 aromatic heterocycles. The highest BCUT2D eigenvalue weighted by atomic mass is 35.5. The highest BCUT2D eigenvalue weighted by molar-refractivity contribution is 5.85. The molecule has 2 unspecified atom stereocenters. The van der Waals surface area contributed by atoms with E-state index in [1.807, 2.05) is 0 Å². The molecule has 2 N–H and O–H groups in total. The molecule has 2 aromatic carbocycles. The maximum atomic E-state index is 14.7. The van der Waals surface area contributed by atoms with Gasteiger partial charge in [0.1, 0.15) is 23.6 Å². The average molecular weight is 478 g/mol. The summed E-state index contributed by atoms with van der Waals surface area (Å²) in [5, 5.41) is 28.0. The Morgan fingerprint density at radius 2 is 1.91 bits per heavy atom. The summed E-state index contributed by atoms with van der Waals surface area (Å²) < 4.78 is 28.2. The van der Waals surface area contributed by atoms with Crippen LogP contribution in [0.1, 0.15) is 35.5 Å². The van der Waals surface area contributed by atoms with Gasteiger partial charge in [0.2, 0.25) is 0 Å². The van der Waals surface area contributed by atoms with Crippen molar-refractivity contribution in [1.82, 2.24) is 20.2 Å². The Hall–Kier alpha value is -3.12. The van der Waals surface area contributed by atoms with E-state index in [1.54, 1.807) is 37.3 Å². The number of nitrogens with zero attached hydrogens (tertiary/aromatic N) is 4. The number of pyridine rings is 1. The molecule has 0 amide bonds. The van der Waals surface area contributed by atoms with Gasteiger partial charge in [0, 0.05) is 35.0 Å². The Morgan fingerprint density at radius 1 is 1.12 bits per heavy atom. The summed E-state index contributed by atoms with van der Waals surface area (Å²) in [5.41, 5.74) is -0.192. The smallest absolute Gasteiger partial charge is 0.153 e. The van der Waals surface area contributed by atoms with Gasteiger partial charge in [-0.1, -0.05) is 19.1 Å². The molecule has 166 valence electrons. The van der Waals surface area contributed by atoms with Gasteiger partial charge in [0.05, 0.1) is 17.1 Å². The van der Waals surface area contributed by atoms with Gasteiger partial charge < -0.3 is 5.11 Å². The van der Waals surface area contributed by atoms with Crippen LogP contribution in [0, 0.1) is 23.0 Å². The Labute approximate surface area is 195 Å². The number of benzene rings is 2. The molecule has 0 saturated heterocycles. The Morgan fingerprint density at radius 3 is 2.56 bits per heavy atom. The highest BCUT2D eigenvalue weighted by Gasteiger charge is 2.41. The van der Waals surface area contributed by atoms with Crippen LogP contribution in [0.2, 0.25) is 0 Å². The van der Waals surface area contributed by atoms with Gasteiger partial charge in [-0.15, -0.1) is 24.8 Å². The van der Waals surface area contributed by atoms with Crippen molar-refractivity contribution in [2.45, 2.75) is 24.9 Å². The van der Waals surface area contributed by atoms with Crippen molar-refractivity contribution in [2.24, 2.45) is 0 Å². The highest BCUT2D eigenvalue weighted by Crippen LogP contribution is 2.40. The molecule has 0 aliphatic heterocycles. The molecular weight excluding hydrogens is 459 g/mol. The minimum Gasteiger partial charge on any atom is -0.384 e. The van der Waals surface area contributed by atoms with Gasteiger partial charge in [0.15, 0.2) is 5.82 Å².